The first kappa shape index (κ1) is 31.8. The lowest BCUT2D eigenvalue weighted by Crippen LogP contribution is -2.62. The summed E-state index contributed by atoms with van der Waals surface area (Å²) in [6.07, 6.45) is -3.43. The largest absolute Gasteiger partial charge is 0.434 e. The van der Waals surface area contributed by atoms with E-state index in [0.717, 1.165) is 6.20 Å². The summed E-state index contributed by atoms with van der Waals surface area (Å²) < 4.78 is 76.0. The molecule has 8 nitrogen and oxygen atoms in total. The van der Waals surface area contributed by atoms with Crippen LogP contribution in [0.15, 0.2) is 36.5 Å². The van der Waals surface area contributed by atoms with Crippen LogP contribution in [0.4, 0.5) is 27.6 Å². The van der Waals surface area contributed by atoms with Crippen molar-refractivity contribution in [2.45, 2.75) is 56.9 Å². The van der Waals surface area contributed by atoms with Gasteiger partial charge in [-0.05, 0) is 30.7 Å². The summed E-state index contributed by atoms with van der Waals surface area (Å²) in [5, 5.41) is 3.48. The standard InChI is InChI=1S/C32H39F5N6O2/c1-20-14-41(25(13-38-20)15-40-8-9-45-18-24(40)12-33)17-28(44)43-19-31(2,3)29-26(43)11-22(10-21-4-6-23(34)7-5-21)30-39-27(16-42(29)30)32(35,36)37/h4-7,11,16,20,24-25,38H,8-10,12-15,17-19H2,1-3H3/t20-,24-,25-/m1/s1. The molecule has 0 unspecified atom stereocenters. The van der Waals surface area contributed by atoms with Crippen LogP contribution in [-0.2, 0) is 27.5 Å². The van der Waals surface area contributed by atoms with Crippen molar-refractivity contribution < 1.29 is 31.5 Å². The molecule has 13 heteroatoms. The summed E-state index contributed by atoms with van der Waals surface area (Å²) in [5.41, 5.74) is 0.828. The van der Waals surface area contributed by atoms with Crippen LogP contribution in [0.3, 0.4) is 0 Å². The van der Waals surface area contributed by atoms with Crippen LogP contribution in [0.25, 0.3) is 5.65 Å². The predicted molar refractivity (Wildman–Crippen MR) is 160 cm³/mol. The molecule has 1 N–H and O–H groups in total. The molecule has 0 spiro atoms. The molecule has 0 aliphatic carbocycles. The Morgan fingerprint density at radius 1 is 1.16 bits per heavy atom. The molecule has 3 aliphatic rings. The number of fused-ring (bicyclic) bond motifs is 3. The average molecular weight is 635 g/mol. The fraction of sp³-hybridized carbons (Fsp3) is 0.562. The maximum absolute atomic E-state index is 14.2. The number of hydrogen-bond acceptors (Lipinski definition) is 6. The molecule has 2 saturated heterocycles. The van der Waals surface area contributed by atoms with Crippen molar-refractivity contribution in [3.8, 4) is 0 Å². The molecule has 6 rings (SSSR count). The summed E-state index contributed by atoms with van der Waals surface area (Å²) in [6, 6.07) is 7.36. The number of nitrogens with one attached hydrogen (secondary N) is 1. The van der Waals surface area contributed by atoms with E-state index in [9.17, 15) is 26.7 Å². The maximum atomic E-state index is 14.2. The Morgan fingerprint density at radius 3 is 2.62 bits per heavy atom. The van der Waals surface area contributed by atoms with E-state index in [2.05, 4.69) is 27.0 Å². The third-order valence-electron chi connectivity index (χ3n) is 9.21. The van der Waals surface area contributed by atoms with Crippen LogP contribution in [0.1, 0.15) is 43.3 Å². The lowest BCUT2D eigenvalue weighted by molar-refractivity contribution is -0.140. The minimum Gasteiger partial charge on any atom is -0.378 e. The minimum atomic E-state index is -4.65. The molecule has 45 heavy (non-hydrogen) atoms. The predicted octanol–water partition coefficient (Wildman–Crippen LogP) is 4.04. The number of imidazole rings is 1. The third kappa shape index (κ3) is 6.45. The molecule has 1 aromatic carbocycles. The van der Waals surface area contributed by atoms with Gasteiger partial charge in [0.05, 0.1) is 37.2 Å². The highest BCUT2D eigenvalue weighted by Crippen LogP contribution is 2.43. The van der Waals surface area contributed by atoms with E-state index in [-0.39, 0.29) is 49.2 Å². The first-order chi connectivity index (χ1) is 21.3. The Bertz CT molecular complexity index is 1540. The number of ether oxygens (including phenoxy) is 1. The summed E-state index contributed by atoms with van der Waals surface area (Å²) >= 11 is 0. The van der Waals surface area contributed by atoms with Crippen molar-refractivity contribution in [3.63, 3.8) is 0 Å². The van der Waals surface area contributed by atoms with Gasteiger partial charge in [-0.3, -0.25) is 14.6 Å². The number of anilines is 1. The number of nitrogens with zero attached hydrogens (tertiary/aromatic N) is 5. The maximum Gasteiger partial charge on any atom is 0.434 e. The number of carbonyl (C=O) groups excluding carboxylic acids is 1. The molecule has 0 saturated carbocycles. The first-order valence-electron chi connectivity index (χ1n) is 15.4. The van der Waals surface area contributed by atoms with Crippen LogP contribution in [0, 0.1) is 5.82 Å². The number of pyridine rings is 1. The number of hydrogen-bond donors (Lipinski definition) is 1. The normalized spacial score (nSPS) is 24.4. The third-order valence-corrected chi connectivity index (χ3v) is 9.21. The van der Waals surface area contributed by atoms with Crippen LogP contribution in [-0.4, -0.2) is 102 Å². The van der Waals surface area contributed by atoms with Gasteiger partial charge < -0.3 is 19.4 Å². The smallest absolute Gasteiger partial charge is 0.378 e. The number of piperazine rings is 1. The van der Waals surface area contributed by atoms with Crippen molar-refractivity contribution in [2.24, 2.45) is 0 Å². The van der Waals surface area contributed by atoms with Crippen LogP contribution >= 0.6 is 0 Å². The molecular formula is C32H39F5N6O2. The molecule has 3 aromatic rings. The highest BCUT2D eigenvalue weighted by molar-refractivity contribution is 5.98. The molecule has 0 bridgehead atoms. The van der Waals surface area contributed by atoms with E-state index in [1.807, 2.05) is 13.8 Å². The fourth-order valence-corrected chi connectivity index (χ4v) is 6.95. The summed E-state index contributed by atoms with van der Waals surface area (Å²) in [7, 11) is 0. The van der Waals surface area contributed by atoms with Crippen molar-refractivity contribution >= 4 is 17.2 Å². The monoisotopic (exact) mass is 634 g/mol. The SMILES string of the molecule is C[C@@H]1CN(CC(=O)N2CC(C)(C)c3c2cc(Cc2ccc(F)cc2)c2nc(C(F)(F)F)cn32)[C@@H](CN2CCOC[C@H]2CF)CN1. The average Bonchev–Trinajstić information content (AvgIpc) is 3.55. The Kier molecular flexibility index (Phi) is 8.66. The molecule has 5 heterocycles. The van der Waals surface area contributed by atoms with Crippen LogP contribution < -0.4 is 10.2 Å². The lowest BCUT2D eigenvalue weighted by Gasteiger charge is -2.44. The zero-order valence-electron chi connectivity index (χ0n) is 25.7. The van der Waals surface area contributed by atoms with Gasteiger partial charge in [0.25, 0.3) is 0 Å². The Hall–Kier alpha value is -3.13. The van der Waals surface area contributed by atoms with Crippen molar-refractivity contribution in [1.29, 1.82) is 0 Å². The van der Waals surface area contributed by atoms with Gasteiger partial charge in [-0.2, -0.15) is 13.2 Å². The van der Waals surface area contributed by atoms with E-state index in [4.69, 9.17) is 4.74 Å². The molecular weight excluding hydrogens is 595 g/mol. The molecule has 2 fully saturated rings. The number of rotatable bonds is 7. The minimum absolute atomic E-state index is 0.0353. The fourth-order valence-electron chi connectivity index (χ4n) is 6.95. The Labute approximate surface area is 259 Å². The second-order valence-corrected chi connectivity index (χ2v) is 13.2. The summed E-state index contributed by atoms with van der Waals surface area (Å²) in [6.45, 7) is 9.11. The molecule has 244 valence electrons. The Morgan fingerprint density at radius 2 is 1.91 bits per heavy atom. The van der Waals surface area contributed by atoms with Gasteiger partial charge >= 0.3 is 6.18 Å². The van der Waals surface area contributed by atoms with Gasteiger partial charge in [0.15, 0.2) is 5.69 Å². The highest BCUT2D eigenvalue weighted by atomic mass is 19.4. The number of halogens is 5. The van der Waals surface area contributed by atoms with E-state index in [1.165, 1.54) is 16.5 Å². The molecule has 3 aliphatic heterocycles. The number of amides is 1. The molecule has 0 radical (unpaired) electrons. The Balaban J connectivity index is 1.34. The van der Waals surface area contributed by atoms with Crippen molar-refractivity contribution in [3.05, 3.63) is 64.9 Å². The number of aromatic nitrogens is 2. The van der Waals surface area contributed by atoms with Crippen molar-refractivity contribution in [2.75, 3.05) is 64.1 Å². The van der Waals surface area contributed by atoms with E-state index >= 15 is 0 Å². The number of carbonyl (C=O) groups is 1. The zero-order valence-corrected chi connectivity index (χ0v) is 25.7. The lowest BCUT2D eigenvalue weighted by atomic mass is 9.90. The van der Waals surface area contributed by atoms with Crippen LogP contribution in [0.2, 0.25) is 0 Å². The zero-order chi connectivity index (χ0) is 32.1. The summed E-state index contributed by atoms with van der Waals surface area (Å²) in [4.78, 5) is 24.1. The second kappa shape index (κ2) is 12.2. The van der Waals surface area contributed by atoms with Gasteiger partial charge in [0.2, 0.25) is 5.91 Å². The quantitative estimate of drug-likeness (QED) is 0.396. The molecule has 1 amide bonds. The topological polar surface area (TPSA) is 65.4 Å². The van der Waals surface area contributed by atoms with Crippen molar-refractivity contribution in [1.82, 2.24) is 24.5 Å². The first-order valence-corrected chi connectivity index (χ1v) is 15.4. The highest BCUT2D eigenvalue weighted by Gasteiger charge is 2.43. The van der Waals surface area contributed by atoms with Gasteiger partial charge in [0, 0.05) is 68.4 Å². The van der Waals surface area contributed by atoms with Crippen LogP contribution in [0.5, 0.6) is 0 Å². The van der Waals surface area contributed by atoms with Gasteiger partial charge in [-0.15, -0.1) is 0 Å². The van der Waals surface area contributed by atoms with E-state index < -0.39 is 29.8 Å². The number of morpholine rings is 1. The van der Waals surface area contributed by atoms with Gasteiger partial charge in [0.1, 0.15) is 18.1 Å². The number of alkyl halides is 4. The number of benzene rings is 1. The molecule has 2 aromatic heterocycles. The van der Waals surface area contributed by atoms with E-state index in [0.29, 0.717) is 61.9 Å². The van der Waals surface area contributed by atoms with Gasteiger partial charge in [-0.25, -0.2) is 13.8 Å². The second-order valence-electron chi connectivity index (χ2n) is 13.2. The van der Waals surface area contributed by atoms with Gasteiger partial charge in [-0.1, -0.05) is 26.0 Å². The van der Waals surface area contributed by atoms with E-state index in [1.54, 1.807) is 23.1 Å². The summed E-state index contributed by atoms with van der Waals surface area (Å²) in [5.74, 6) is -0.570. The molecule has 3 atom stereocenters.